The van der Waals surface area contributed by atoms with Gasteiger partial charge in [0.15, 0.2) is 0 Å². The Kier molecular flexibility index (Phi) is 5.43. The number of sulfonamides is 2. The van der Waals surface area contributed by atoms with Crippen molar-refractivity contribution in [2.45, 2.75) is 10.8 Å². The molecule has 4 N–H and O–H groups in total. The van der Waals surface area contributed by atoms with Crippen molar-refractivity contribution in [3.8, 4) is 0 Å². The molecule has 0 saturated heterocycles. The van der Waals surface area contributed by atoms with Gasteiger partial charge in [-0.05, 0) is 18.2 Å². The zero-order valence-corrected chi connectivity index (χ0v) is 12.9. The summed E-state index contributed by atoms with van der Waals surface area (Å²) in [5, 5.41) is 0. The van der Waals surface area contributed by atoms with Gasteiger partial charge in [-0.2, -0.15) is 0 Å². The molecule has 0 aliphatic carbocycles. The molecule has 1 aromatic carbocycles. The molecule has 0 bridgehead atoms. The van der Waals surface area contributed by atoms with Gasteiger partial charge in [0.2, 0.25) is 20.0 Å². The summed E-state index contributed by atoms with van der Waals surface area (Å²) in [5.74, 6) is -4.61. The molecule has 0 amide bonds. The van der Waals surface area contributed by atoms with Crippen LogP contribution in [-0.4, -0.2) is 42.1 Å². The predicted octanol–water partition coefficient (Wildman–Crippen LogP) is 0.0695. The van der Waals surface area contributed by atoms with Gasteiger partial charge >= 0.3 is 0 Å². The lowest BCUT2D eigenvalue weighted by Gasteiger charge is -2.15. The molecule has 0 radical (unpaired) electrons. The Hall–Kier alpha value is -1.37. The molecule has 22 heavy (non-hydrogen) atoms. The SMILES string of the molecule is CS(=O)(=O)Nc1ccc(S(=O)(=O)NCC(F)(F)CN)cc1F. The van der Waals surface area contributed by atoms with E-state index in [1.807, 2.05) is 4.72 Å². The van der Waals surface area contributed by atoms with Gasteiger partial charge in [-0.15, -0.1) is 0 Å². The van der Waals surface area contributed by atoms with Gasteiger partial charge in [0.05, 0.1) is 29.9 Å². The molecule has 0 atom stereocenters. The van der Waals surface area contributed by atoms with E-state index in [4.69, 9.17) is 5.73 Å². The van der Waals surface area contributed by atoms with Crippen molar-refractivity contribution < 1.29 is 30.0 Å². The number of alkyl halides is 2. The fourth-order valence-electron chi connectivity index (χ4n) is 1.30. The molecule has 126 valence electrons. The van der Waals surface area contributed by atoms with Crippen molar-refractivity contribution in [1.29, 1.82) is 0 Å². The zero-order chi connectivity index (χ0) is 17.2. The Balaban J connectivity index is 3.00. The Morgan fingerprint density at radius 3 is 2.27 bits per heavy atom. The summed E-state index contributed by atoms with van der Waals surface area (Å²) in [5.41, 5.74) is 4.30. The molecule has 0 heterocycles. The Bertz CT molecular complexity index is 751. The minimum absolute atomic E-state index is 0.464. The highest BCUT2D eigenvalue weighted by atomic mass is 32.2. The molecule has 0 unspecified atom stereocenters. The van der Waals surface area contributed by atoms with E-state index in [1.54, 1.807) is 4.72 Å². The number of nitrogens with two attached hydrogens (primary N) is 1. The van der Waals surface area contributed by atoms with Gasteiger partial charge in [0.1, 0.15) is 5.82 Å². The van der Waals surface area contributed by atoms with Crippen molar-refractivity contribution in [3.63, 3.8) is 0 Å². The van der Waals surface area contributed by atoms with Gasteiger partial charge < -0.3 is 5.73 Å². The van der Waals surface area contributed by atoms with Crippen molar-refractivity contribution in [2.24, 2.45) is 5.73 Å². The number of hydrogen-bond acceptors (Lipinski definition) is 5. The summed E-state index contributed by atoms with van der Waals surface area (Å²) in [7, 11) is -8.14. The minimum atomic E-state index is -4.39. The van der Waals surface area contributed by atoms with Crippen molar-refractivity contribution in [3.05, 3.63) is 24.0 Å². The van der Waals surface area contributed by atoms with Crippen LogP contribution in [0.25, 0.3) is 0 Å². The quantitative estimate of drug-likeness (QED) is 0.635. The van der Waals surface area contributed by atoms with Gasteiger partial charge in [-0.1, -0.05) is 0 Å². The van der Waals surface area contributed by atoms with Crippen molar-refractivity contribution in [1.82, 2.24) is 4.72 Å². The zero-order valence-electron chi connectivity index (χ0n) is 11.3. The summed E-state index contributed by atoms with van der Waals surface area (Å²) in [4.78, 5) is -0.628. The van der Waals surface area contributed by atoms with E-state index in [0.29, 0.717) is 6.07 Å². The molecule has 1 aromatic rings. The standard InChI is InChI=1S/C10H14F3N3O4S2/c1-21(17,18)16-9-3-2-7(4-8(9)11)22(19,20)15-6-10(12,13)5-14/h2-4,15-16H,5-6,14H2,1H3. The van der Waals surface area contributed by atoms with Gasteiger partial charge in [-0.3, -0.25) is 4.72 Å². The molecule has 0 aliphatic rings. The smallest absolute Gasteiger partial charge is 0.273 e. The highest BCUT2D eigenvalue weighted by Crippen LogP contribution is 2.20. The number of anilines is 1. The van der Waals surface area contributed by atoms with Gasteiger partial charge in [0.25, 0.3) is 5.92 Å². The lowest BCUT2D eigenvalue weighted by atomic mass is 10.3. The van der Waals surface area contributed by atoms with Crippen LogP contribution in [0.15, 0.2) is 23.1 Å². The minimum Gasteiger partial charge on any atom is -0.325 e. The van der Waals surface area contributed by atoms with Crippen LogP contribution in [0.2, 0.25) is 0 Å². The van der Waals surface area contributed by atoms with Crippen LogP contribution in [0.1, 0.15) is 0 Å². The molecule has 0 spiro atoms. The first kappa shape index (κ1) is 18.7. The number of rotatable bonds is 7. The molecule has 0 aliphatic heterocycles. The van der Waals surface area contributed by atoms with Crippen LogP contribution >= 0.6 is 0 Å². The Morgan fingerprint density at radius 2 is 1.82 bits per heavy atom. The second-order valence-electron chi connectivity index (χ2n) is 4.40. The Morgan fingerprint density at radius 1 is 1.23 bits per heavy atom. The van der Waals surface area contributed by atoms with Crippen molar-refractivity contribution in [2.75, 3.05) is 24.1 Å². The van der Waals surface area contributed by atoms with Crippen molar-refractivity contribution >= 4 is 25.7 Å². The van der Waals surface area contributed by atoms with E-state index < -0.39 is 55.5 Å². The van der Waals surface area contributed by atoms with Crippen LogP contribution < -0.4 is 15.2 Å². The molecular weight excluding hydrogens is 347 g/mol. The average molecular weight is 361 g/mol. The molecule has 0 saturated carbocycles. The third-order valence-electron chi connectivity index (χ3n) is 2.37. The normalized spacial score (nSPS) is 13.1. The summed E-state index contributed by atoms with van der Waals surface area (Å²) >= 11 is 0. The second kappa shape index (κ2) is 6.40. The second-order valence-corrected chi connectivity index (χ2v) is 7.92. The lowest BCUT2D eigenvalue weighted by Crippen LogP contribution is -2.41. The average Bonchev–Trinajstić information content (AvgIpc) is 2.37. The summed E-state index contributed by atoms with van der Waals surface area (Å²) < 4.78 is 88.4. The van der Waals surface area contributed by atoms with E-state index in [-0.39, 0.29) is 0 Å². The molecule has 12 heteroatoms. The number of hydrogen-bond donors (Lipinski definition) is 3. The first-order valence-corrected chi connectivity index (χ1v) is 9.09. The maximum absolute atomic E-state index is 13.7. The van der Waals surface area contributed by atoms with Crippen LogP contribution in [0, 0.1) is 5.82 Å². The monoisotopic (exact) mass is 361 g/mol. The van der Waals surface area contributed by atoms with E-state index in [0.717, 1.165) is 18.4 Å². The fraction of sp³-hybridized carbons (Fsp3) is 0.400. The molecular formula is C10H14F3N3O4S2. The first-order valence-electron chi connectivity index (χ1n) is 5.71. The molecule has 7 nitrogen and oxygen atoms in total. The van der Waals surface area contributed by atoms with E-state index >= 15 is 0 Å². The summed E-state index contributed by atoms with van der Waals surface area (Å²) in [6, 6.07) is 2.25. The molecule has 0 fully saturated rings. The summed E-state index contributed by atoms with van der Waals surface area (Å²) in [6.45, 7) is -2.29. The third kappa shape index (κ3) is 5.44. The van der Waals surface area contributed by atoms with Gasteiger partial charge in [0, 0.05) is 0 Å². The maximum atomic E-state index is 13.7. The van der Waals surface area contributed by atoms with E-state index in [1.165, 1.54) is 0 Å². The first-order chi connectivity index (χ1) is 9.86. The van der Waals surface area contributed by atoms with E-state index in [2.05, 4.69) is 0 Å². The molecule has 0 aromatic heterocycles. The van der Waals surface area contributed by atoms with Crippen LogP contribution in [0.4, 0.5) is 18.9 Å². The highest BCUT2D eigenvalue weighted by Gasteiger charge is 2.29. The number of nitrogens with one attached hydrogen (secondary N) is 2. The number of benzene rings is 1. The van der Waals surface area contributed by atoms with E-state index in [9.17, 15) is 30.0 Å². The lowest BCUT2D eigenvalue weighted by molar-refractivity contribution is 0.0170. The van der Waals surface area contributed by atoms with Gasteiger partial charge in [-0.25, -0.2) is 34.7 Å². The van der Waals surface area contributed by atoms with Crippen LogP contribution in [0.5, 0.6) is 0 Å². The fourth-order valence-corrected chi connectivity index (χ4v) is 2.94. The van der Waals surface area contributed by atoms with Crippen LogP contribution in [0.3, 0.4) is 0 Å². The maximum Gasteiger partial charge on any atom is 0.273 e. The highest BCUT2D eigenvalue weighted by molar-refractivity contribution is 7.92. The summed E-state index contributed by atoms with van der Waals surface area (Å²) in [6.07, 6.45) is 0.785. The molecule has 1 rings (SSSR count). The Labute approximate surface area is 125 Å². The topological polar surface area (TPSA) is 118 Å². The largest absolute Gasteiger partial charge is 0.325 e. The van der Waals surface area contributed by atoms with Crippen LogP contribution in [-0.2, 0) is 20.0 Å². The third-order valence-corrected chi connectivity index (χ3v) is 4.36. The predicted molar refractivity (Wildman–Crippen MR) is 74.1 cm³/mol. The number of halogens is 3.